The molecule has 0 aromatic carbocycles. The summed E-state index contributed by atoms with van der Waals surface area (Å²) in [5, 5.41) is 3.36. The number of rotatable bonds is 2. The number of hydrogen-bond acceptors (Lipinski definition) is 2. The maximum Gasteiger partial charge on any atom is 0.223 e. The Hall–Kier alpha value is -0.280. The van der Waals surface area contributed by atoms with Crippen LogP contribution in [-0.4, -0.2) is 36.5 Å². The van der Waals surface area contributed by atoms with Crippen LogP contribution in [0.4, 0.5) is 0 Å². The smallest absolute Gasteiger partial charge is 0.223 e. The van der Waals surface area contributed by atoms with Gasteiger partial charge in [-0.1, -0.05) is 6.92 Å². The lowest BCUT2D eigenvalue weighted by Gasteiger charge is -2.39. The minimum Gasteiger partial charge on any atom is -0.340 e. The molecule has 2 fully saturated rings. The van der Waals surface area contributed by atoms with E-state index in [-0.39, 0.29) is 12.4 Å². The molecule has 1 N–H and O–H groups in total. The zero-order valence-electron chi connectivity index (χ0n) is 11.7. The molecule has 2 rings (SSSR count). The van der Waals surface area contributed by atoms with Crippen molar-refractivity contribution in [2.24, 2.45) is 11.8 Å². The summed E-state index contributed by atoms with van der Waals surface area (Å²) in [5.41, 5.74) is 0. The van der Waals surface area contributed by atoms with Crippen LogP contribution in [0.5, 0.6) is 0 Å². The third kappa shape index (κ3) is 3.86. The number of piperidine rings is 2. The lowest BCUT2D eigenvalue weighted by Crippen LogP contribution is -2.46. The van der Waals surface area contributed by atoms with Gasteiger partial charge in [-0.3, -0.25) is 4.79 Å². The topological polar surface area (TPSA) is 32.3 Å². The quantitative estimate of drug-likeness (QED) is 0.839. The zero-order valence-corrected chi connectivity index (χ0v) is 12.5. The maximum absolute atomic E-state index is 12.3. The van der Waals surface area contributed by atoms with Crippen LogP contribution in [0, 0.1) is 11.8 Å². The normalized spacial score (nSPS) is 29.8. The molecule has 0 saturated carbocycles. The standard InChI is InChI=1S/C14H26N2O.ClH/c1-11-4-3-9-16(12(11)2)14(17)10-13-5-7-15-8-6-13;/h11-13,15H,3-10H2,1-2H3;1H. The predicted octanol–water partition coefficient (Wildman–Crippen LogP) is 2.44. The van der Waals surface area contributed by atoms with Crippen LogP contribution in [0.3, 0.4) is 0 Å². The largest absolute Gasteiger partial charge is 0.340 e. The van der Waals surface area contributed by atoms with Gasteiger partial charge in [0.25, 0.3) is 0 Å². The van der Waals surface area contributed by atoms with Crippen LogP contribution in [0.25, 0.3) is 0 Å². The van der Waals surface area contributed by atoms with Crippen molar-refractivity contribution in [3.05, 3.63) is 0 Å². The lowest BCUT2D eigenvalue weighted by molar-refractivity contribution is -0.137. The van der Waals surface area contributed by atoms with E-state index in [1.54, 1.807) is 0 Å². The number of hydrogen-bond donors (Lipinski definition) is 1. The van der Waals surface area contributed by atoms with Gasteiger partial charge in [-0.25, -0.2) is 0 Å². The Kier molecular flexibility index (Phi) is 6.44. The molecule has 2 aliphatic heterocycles. The Bertz CT molecular complexity index is 267. The molecule has 18 heavy (non-hydrogen) atoms. The van der Waals surface area contributed by atoms with E-state index in [0.29, 0.717) is 23.8 Å². The highest BCUT2D eigenvalue weighted by atomic mass is 35.5. The fourth-order valence-corrected chi connectivity index (χ4v) is 3.14. The number of nitrogens with one attached hydrogen (secondary N) is 1. The molecule has 2 saturated heterocycles. The van der Waals surface area contributed by atoms with Crippen molar-refractivity contribution in [1.29, 1.82) is 0 Å². The van der Waals surface area contributed by atoms with Crippen LogP contribution < -0.4 is 5.32 Å². The van der Waals surface area contributed by atoms with E-state index >= 15 is 0 Å². The molecule has 2 heterocycles. The Morgan fingerprint density at radius 2 is 1.89 bits per heavy atom. The van der Waals surface area contributed by atoms with Crippen LogP contribution in [0.15, 0.2) is 0 Å². The Labute approximate surface area is 117 Å². The molecule has 3 nitrogen and oxygen atoms in total. The molecule has 2 atom stereocenters. The third-order valence-electron chi connectivity index (χ3n) is 4.62. The van der Waals surface area contributed by atoms with Gasteiger partial charge in [0.05, 0.1) is 0 Å². The second-order valence-electron chi connectivity index (χ2n) is 5.84. The molecular formula is C14H27ClN2O. The summed E-state index contributed by atoms with van der Waals surface area (Å²) in [7, 11) is 0. The molecule has 0 aliphatic carbocycles. The Balaban J connectivity index is 0.00000162. The number of halogens is 1. The van der Waals surface area contributed by atoms with E-state index in [1.165, 1.54) is 25.7 Å². The van der Waals surface area contributed by atoms with Crippen LogP contribution >= 0.6 is 12.4 Å². The summed E-state index contributed by atoms with van der Waals surface area (Å²) >= 11 is 0. The monoisotopic (exact) mass is 274 g/mol. The van der Waals surface area contributed by atoms with Crippen LogP contribution in [-0.2, 0) is 4.79 Å². The highest BCUT2D eigenvalue weighted by Gasteiger charge is 2.29. The molecule has 1 amide bonds. The summed E-state index contributed by atoms with van der Waals surface area (Å²) in [6.07, 6.45) is 5.58. The molecular weight excluding hydrogens is 248 g/mol. The number of carbonyl (C=O) groups is 1. The summed E-state index contributed by atoms with van der Waals surface area (Å²) in [4.78, 5) is 14.5. The third-order valence-corrected chi connectivity index (χ3v) is 4.62. The van der Waals surface area contributed by atoms with Crippen molar-refractivity contribution in [3.8, 4) is 0 Å². The summed E-state index contributed by atoms with van der Waals surface area (Å²) in [5.74, 6) is 1.69. The number of nitrogens with zero attached hydrogens (tertiary/aromatic N) is 1. The highest BCUT2D eigenvalue weighted by molar-refractivity contribution is 5.85. The zero-order chi connectivity index (χ0) is 12.3. The molecule has 106 valence electrons. The van der Waals surface area contributed by atoms with Gasteiger partial charge in [0, 0.05) is 19.0 Å². The van der Waals surface area contributed by atoms with E-state index in [9.17, 15) is 4.79 Å². The van der Waals surface area contributed by atoms with Gasteiger partial charge in [0.2, 0.25) is 5.91 Å². The summed E-state index contributed by atoms with van der Waals surface area (Å²) < 4.78 is 0. The fraction of sp³-hybridized carbons (Fsp3) is 0.929. The van der Waals surface area contributed by atoms with Crippen molar-refractivity contribution < 1.29 is 4.79 Å². The molecule has 0 radical (unpaired) electrons. The molecule has 0 spiro atoms. The van der Waals surface area contributed by atoms with E-state index in [2.05, 4.69) is 24.1 Å². The molecule has 0 aromatic rings. The summed E-state index contributed by atoms with van der Waals surface area (Å²) in [6, 6.07) is 0.443. The highest BCUT2D eigenvalue weighted by Crippen LogP contribution is 2.25. The molecule has 4 heteroatoms. The number of carbonyl (C=O) groups excluding carboxylic acids is 1. The van der Waals surface area contributed by atoms with Crippen molar-refractivity contribution in [2.75, 3.05) is 19.6 Å². The second kappa shape index (κ2) is 7.34. The number of likely N-dealkylation sites (tertiary alicyclic amines) is 1. The molecule has 2 aliphatic rings. The van der Waals surface area contributed by atoms with Gasteiger partial charge in [-0.05, 0) is 57.5 Å². The van der Waals surface area contributed by atoms with Gasteiger partial charge >= 0.3 is 0 Å². The maximum atomic E-state index is 12.3. The van der Waals surface area contributed by atoms with Crippen molar-refractivity contribution >= 4 is 18.3 Å². The average Bonchev–Trinajstić information content (AvgIpc) is 2.34. The first-order chi connectivity index (χ1) is 8.18. The van der Waals surface area contributed by atoms with Gasteiger partial charge in [0.1, 0.15) is 0 Å². The van der Waals surface area contributed by atoms with Gasteiger partial charge in [0.15, 0.2) is 0 Å². The van der Waals surface area contributed by atoms with Crippen molar-refractivity contribution in [2.45, 2.75) is 52.0 Å². The van der Waals surface area contributed by atoms with Crippen molar-refractivity contribution in [3.63, 3.8) is 0 Å². The van der Waals surface area contributed by atoms with E-state index < -0.39 is 0 Å². The second-order valence-corrected chi connectivity index (χ2v) is 5.84. The first-order valence-electron chi connectivity index (χ1n) is 7.18. The first-order valence-corrected chi connectivity index (χ1v) is 7.18. The summed E-state index contributed by atoms with van der Waals surface area (Å²) in [6.45, 7) is 7.64. The van der Waals surface area contributed by atoms with E-state index in [4.69, 9.17) is 0 Å². The van der Waals surface area contributed by atoms with Gasteiger partial charge < -0.3 is 10.2 Å². The molecule has 2 unspecified atom stereocenters. The SMILES string of the molecule is CC1CCCN(C(=O)CC2CCNCC2)C1C.Cl. The fourth-order valence-electron chi connectivity index (χ4n) is 3.14. The van der Waals surface area contributed by atoms with Crippen LogP contribution in [0.2, 0.25) is 0 Å². The van der Waals surface area contributed by atoms with E-state index in [0.717, 1.165) is 26.1 Å². The molecule has 0 aromatic heterocycles. The number of amides is 1. The van der Waals surface area contributed by atoms with Crippen LogP contribution in [0.1, 0.15) is 46.0 Å². The minimum atomic E-state index is 0. The Morgan fingerprint density at radius 3 is 2.56 bits per heavy atom. The first kappa shape index (κ1) is 15.8. The average molecular weight is 275 g/mol. The molecule has 0 bridgehead atoms. The minimum absolute atomic E-state index is 0. The Morgan fingerprint density at radius 1 is 1.22 bits per heavy atom. The predicted molar refractivity (Wildman–Crippen MR) is 77.0 cm³/mol. The van der Waals surface area contributed by atoms with Gasteiger partial charge in [-0.15, -0.1) is 12.4 Å². The lowest BCUT2D eigenvalue weighted by atomic mass is 9.89. The van der Waals surface area contributed by atoms with Gasteiger partial charge in [-0.2, -0.15) is 0 Å². The van der Waals surface area contributed by atoms with Crippen molar-refractivity contribution in [1.82, 2.24) is 10.2 Å². The van der Waals surface area contributed by atoms with E-state index in [1.807, 2.05) is 0 Å².